The number of hydrogen-bond donors (Lipinski definition) is 3. The normalized spacial score (nSPS) is 16.0. The molecule has 0 saturated carbocycles. The van der Waals surface area contributed by atoms with Crippen molar-refractivity contribution in [2.45, 2.75) is 32.4 Å². The lowest BCUT2D eigenvalue weighted by Crippen LogP contribution is -2.40. The fourth-order valence-electron chi connectivity index (χ4n) is 5.75. The van der Waals surface area contributed by atoms with Gasteiger partial charge in [0.05, 0.1) is 31.0 Å². The average molecular weight is 619 g/mol. The smallest absolute Gasteiger partial charge is 0.335 e. The highest BCUT2D eigenvalue weighted by Crippen LogP contribution is 2.35. The highest BCUT2D eigenvalue weighted by atomic mass is 19.2. The van der Waals surface area contributed by atoms with Crippen LogP contribution in [0.15, 0.2) is 42.6 Å². The average Bonchev–Trinajstić information content (AvgIpc) is 3.66. The van der Waals surface area contributed by atoms with Gasteiger partial charge >= 0.3 is 5.97 Å². The minimum Gasteiger partial charge on any atom is -0.478 e. The molecule has 232 valence electrons. The molecule has 2 aromatic heterocycles. The summed E-state index contributed by atoms with van der Waals surface area (Å²) < 4.78 is 33.6. The lowest BCUT2D eigenvalue weighted by atomic mass is 9.98. The number of aromatic nitrogens is 3. The van der Waals surface area contributed by atoms with Gasteiger partial charge in [0.15, 0.2) is 17.3 Å². The van der Waals surface area contributed by atoms with E-state index >= 15 is 0 Å². The maximum atomic E-state index is 13.8. The molecule has 3 N–H and O–H groups in total. The van der Waals surface area contributed by atoms with Gasteiger partial charge in [-0.1, -0.05) is 12.1 Å². The number of nitrogens with zero attached hydrogens (tertiary/aromatic N) is 4. The zero-order valence-corrected chi connectivity index (χ0v) is 24.1. The highest BCUT2D eigenvalue weighted by molar-refractivity contribution is 6.03. The van der Waals surface area contributed by atoms with Crippen molar-refractivity contribution in [3.8, 4) is 0 Å². The first-order chi connectivity index (χ1) is 21.6. The minimum atomic E-state index is -1.06. The molecule has 2 aliphatic rings. The first kappa shape index (κ1) is 29.8. The van der Waals surface area contributed by atoms with E-state index in [-0.39, 0.29) is 40.6 Å². The minimum absolute atomic E-state index is 0.00844. The van der Waals surface area contributed by atoms with Crippen molar-refractivity contribution in [3.63, 3.8) is 0 Å². The number of halogens is 2. The number of rotatable bonds is 7. The molecule has 1 atom stereocenters. The van der Waals surface area contributed by atoms with Crippen LogP contribution >= 0.6 is 0 Å². The molecule has 1 aliphatic carbocycles. The number of aromatic carboxylic acids is 1. The molecule has 14 heteroatoms. The van der Waals surface area contributed by atoms with Crippen LogP contribution in [0.3, 0.4) is 0 Å². The number of hydrogen-bond acceptors (Lipinski definition) is 7. The number of fused-ring (bicyclic) bond motifs is 2. The molecule has 1 aliphatic heterocycles. The molecule has 1 fully saturated rings. The van der Waals surface area contributed by atoms with Crippen molar-refractivity contribution >= 4 is 29.3 Å². The molecule has 3 amide bonds. The molecule has 4 aromatic rings. The predicted molar refractivity (Wildman–Crippen MR) is 154 cm³/mol. The molecule has 2 aromatic carbocycles. The van der Waals surface area contributed by atoms with Crippen LogP contribution in [0.5, 0.6) is 0 Å². The maximum Gasteiger partial charge on any atom is 0.335 e. The van der Waals surface area contributed by atoms with Gasteiger partial charge in [-0.25, -0.2) is 23.1 Å². The van der Waals surface area contributed by atoms with E-state index in [1.54, 1.807) is 17.9 Å². The molecule has 12 nitrogen and oxygen atoms in total. The zero-order valence-electron chi connectivity index (χ0n) is 24.1. The van der Waals surface area contributed by atoms with Crippen LogP contribution < -0.4 is 10.6 Å². The van der Waals surface area contributed by atoms with E-state index in [9.17, 15) is 33.1 Å². The Morgan fingerprint density at radius 3 is 2.53 bits per heavy atom. The topological polar surface area (TPSA) is 155 Å². The molecule has 3 heterocycles. The summed E-state index contributed by atoms with van der Waals surface area (Å²) in [5.74, 6) is -4.81. The van der Waals surface area contributed by atoms with Gasteiger partial charge in [0.1, 0.15) is 17.0 Å². The van der Waals surface area contributed by atoms with Gasteiger partial charge in [-0.2, -0.15) is 5.10 Å². The van der Waals surface area contributed by atoms with Gasteiger partial charge in [-0.15, -0.1) is 0 Å². The number of ether oxygens (including phenoxy) is 1. The maximum absolute atomic E-state index is 13.8. The number of carbonyl (C=O) groups excluding carboxylic acids is 3. The quantitative estimate of drug-likeness (QED) is 0.286. The van der Waals surface area contributed by atoms with Gasteiger partial charge < -0.3 is 25.4 Å². The fraction of sp³-hybridized carbons (Fsp3) is 0.290. The van der Waals surface area contributed by atoms with E-state index in [1.807, 2.05) is 0 Å². The van der Waals surface area contributed by atoms with E-state index in [4.69, 9.17) is 4.74 Å². The Morgan fingerprint density at radius 2 is 1.80 bits per heavy atom. The molecule has 6 rings (SSSR count). The van der Waals surface area contributed by atoms with E-state index < -0.39 is 35.5 Å². The molecule has 0 spiro atoms. The molecular formula is C31H28F2N6O6. The molecule has 1 saturated heterocycles. The number of carboxylic acids is 1. The third kappa shape index (κ3) is 5.71. The van der Waals surface area contributed by atoms with Crippen LogP contribution in [-0.2, 0) is 17.7 Å². The zero-order chi connectivity index (χ0) is 31.8. The summed E-state index contributed by atoms with van der Waals surface area (Å²) in [5, 5.41) is 19.3. The standard InChI is InChI=1S/C31H28F2N6O6/c1-16-18-5-7-24(20(18)4-3-19(16)31(43)44)37-29(41)26-13-25(28(40)34-14-17-2-6-22(32)23(33)12-17)36-27-21(15-35-39(26)27)30(42)38-8-10-45-11-9-38/h2-4,6,12-13,15,24H,5,7-11,14H2,1H3,(H,34,40)(H,37,41)(H,43,44)/t24-/m0/s1. The second-order valence-corrected chi connectivity index (χ2v) is 10.8. The van der Waals surface area contributed by atoms with Crippen LogP contribution in [0, 0.1) is 18.6 Å². The molecular weight excluding hydrogens is 590 g/mol. The van der Waals surface area contributed by atoms with Crippen LogP contribution in [0.2, 0.25) is 0 Å². The lowest BCUT2D eigenvalue weighted by Gasteiger charge is -2.26. The summed E-state index contributed by atoms with van der Waals surface area (Å²) in [6.07, 6.45) is 2.39. The Labute approximate surface area is 255 Å². The number of nitrogens with one attached hydrogen (secondary N) is 2. The second kappa shape index (κ2) is 12.0. The van der Waals surface area contributed by atoms with Gasteiger partial charge in [-0.05, 0) is 60.2 Å². The van der Waals surface area contributed by atoms with E-state index in [0.717, 1.165) is 23.3 Å². The number of benzene rings is 2. The Morgan fingerprint density at radius 1 is 1.02 bits per heavy atom. The molecule has 0 bridgehead atoms. The Balaban J connectivity index is 1.33. The summed E-state index contributed by atoms with van der Waals surface area (Å²) in [5.41, 5.74) is 2.61. The Bertz CT molecular complexity index is 1870. The van der Waals surface area contributed by atoms with Crippen molar-refractivity contribution in [1.82, 2.24) is 30.1 Å². The van der Waals surface area contributed by atoms with Crippen molar-refractivity contribution in [2.24, 2.45) is 0 Å². The van der Waals surface area contributed by atoms with Gasteiger partial charge in [-0.3, -0.25) is 14.4 Å². The van der Waals surface area contributed by atoms with Crippen molar-refractivity contribution < 1.29 is 37.8 Å². The van der Waals surface area contributed by atoms with Gasteiger partial charge in [0.2, 0.25) is 0 Å². The fourth-order valence-corrected chi connectivity index (χ4v) is 5.75. The van der Waals surface area contributed by atoms with Gasteiger partial charge in [0.25, 0.3) is 17.7 Å². The number of carboxylic acid groups (broad SMARTS) is 1. The predicted octanol–water partition coefficient (Wildman–Crippen LogP) is 2.83. The summed E-state index contributed by atoms with van der Waals surface area (Å²) in [4.78, 5) is 58.0. The molecule has 45 heavy (non-hydrogen) atoms. The first-order valence-electron chi connectivity index (χ1n) is 14.3. The van der Waals surface area contributed by atoms with E-state index in [1.165, 1.54) is 28.9 Å². The molecule has 0 unspecified atom stereocenters. The number of amides is 3. The third-order valence-corrected chi connectivity index (χ3v) is 8.13. The van der Waals surface area contributed by atoms with Crippen LogP contribution in [0.25, 0.3) is 5.65 Å². The largest absolute Gasteiger partial charge is 0.478 e. The van der Waals surface area contributed by atoms with E-state index in [2.05, 4.69) is 20.7 Å². The van der Waals surface area contributed by atoms with Crippen LogP contribution in [0.4, 0.5) is 8.78 Å². The SMILES string of the molecule is Cc1c(C(=O)O)ccc2c1CC[C@@H]2NC(=O)c1cc(C(=O)NCc2ccc(F)c(F)c2)nc2c(C(=O)N3CCOCC3)cnn12. The Kier molecular flexibility index (Phi) is 7.97. The third-order valence-electron chi connectivity index (χ3n) is 8.13. The van der Waals surface area contributed by atoms with Crippen molar-refractivity contribution in [3.05, 3.63) is 99.0 Å². The monoisotopic (exact) mass is 618 g/mol. The number of morpholine rings is 1. The summed E-state index contributed by atoms with van der Waals surface area (Å²) >= 11 is 0. The lowest BCUT2D eigenvalue weighted by molar-refractivity contribution is 0.0304. The first-order valence-corrected chi connectivity index (χ1v) is 14.3. The Hall–Kier alpha value is -5.24. The van der Waals surface area contributed by atoms with Gasteiger partial charge in [0, 0.05) is 25.7 Å². The van der Waals surface area contributed by atoms with Crippen molar-refractivity contribution in [2.75, 3.05) is 26.3 Å². The number of carbonyl (C=O) groups is 4. The summed E-state index contributed by atoms with van der Waals surface area (Å²) in [6.45, 7) is 3.00. The summed E-state index contributed by atoms with van der Waals surface area (Å²) in [7, 11) is 0. The van der Waals surface area contributed by atoms with Crippen LogP contribution in [-0.4, -0.2) is 74.6 Å². The highest BCUT2D eigenvalue weighted by Gasteiger charge is 2.30. The van der Waals surface area contributed by atoms with Crippen molar-refractivity contribution in [1.29, 1.82) is 0 Å². The molecule has 0 radical (unpaired) electrons. The van der Waals surface area contributed by atoms with E-state index in [0.29, 0.717) is 50.3 Å². The summed E-state index contributed by atoms with van der Waals surface area (Å²) in [6, 6.07) is 7.24. The van der Waals surface area contributed by atoms with Crippen LogP contribution in [0.1, 0.15) is 76.4 Å². The second-order valence-electron chi connectivity index (χ2n) is 10.8.